The van der Waals surface area contributed by atoms with E-state index in [4.69, 9.17) is 11.2 Å². The van der Waals surface area contributed by atoms with Crippen molar-refractivity contribution >= 4 is 42.3 Å². The lowest BCUT2D eigenvalue weighted by molar-refractivity contribution is 0.470. The van der Waals surface area contributed by atoms with E-state index in [1.165, 1.54) is 0 Å². The van der Waals surface area contributed by atoms with Crippen molar-refractivity contribution < 1.29 is 5.11 Å². The van der Waals surface area contributed by atoms with Gasteiger partial charge >= 0.3 is 0 Å². The Morgan fingerprint density at radius 2 is 2.25 bits per heavy atom. The molecule has 0 aliphatic heterocycles. The van der Waals surface area contributed by atoms with Gasteiger partial charge in [0.2, 0.25) is 0 Å². The van der Waals surface area contributed by atoms with Crippen LogP contribution in [0.3, 0.4) is 0 Å². The van der Waals surface area contributed by atoms with Crippen LogP contribution in [0.2, 0.25) is 0 Å². The molecule has 0 amide bonds. The molecular formula is C7H8BrClOP2. The second-order valence-electron chi connectivity index (χ2n) is 2.35. The van der Waals surface area contributed by atoms with Crippen LogP contribution in [0.15, 0.2) is 22.7 Å². The Bertz CT molecular complexity index is 316. The highest BCUT2D eigenvalue weighted by Crippen LogP contribution is 2.40. The average Bonchev–Trinajstić information content (AvgIpc) is 1.94. The van der Waals surface area contributed by atoms with Crippen LogP contribution in [0, 0.1) is 0 Å². The zero-order chi connectivity index (χ0) is 9.14. The largest absolute Gasteiger partial charge is 0.508 e. The Labute approximate surface area is 87.5 Å². The second-order valence-corrected chi connectivity index (χ2v) is 8.56. The van der Waals surface area contributed by atoms with E-state index in [2.05, 4.69) is 24.5 Å². The smallest absolute Gasteiger partial charge is 0.120 e. The summed E-state index contributed by atoms with van der Waals surface area (Å²) in [4.78, 5) is 0. The first-order valence-electron chi connectivity index (χ1n) is 3.30. The fourth-order valence-corrected chi connectivity index (χ4v) is 2.84. The number of phenolic OH excluding ortho intramolecular Hbond substituents is 1. The highest BCUT2D eigenvalue weighted by atomic mass is 79.9. The van der Waals surface area contributed by atoms with E-state index < -0.39 is 6.56 Å². The van der Waals surface area contributed by atoms with Gasteiger partial charge in [0.1, 0.15) is 5.75 Å². The summed E-state index contributed by atoms with van der Waals surface area (Å²) in [6.07, 6.45) is 0.711. The summed E-state index contributed by atoms with van der Waals surface area (Å²) in [5, 5.41) is 9.45. The van der Waals surface area contributed by atoms with E-state index >= 15 is 0 Å². The minimum atomic E-state index is -1.02. The fraction of sp³-hybridized carbons (Fsp3) is 0.143. The van der Waals surface area contributed by atoms with Gasteiger partial charge in [0, 0.05) is 10.6 Å². The SMILES string of the molecule is Oc1cc(Br)ccc1C[PH](=P)Cl. The third kappa shape index (κ3) is 3.11. The second kappa shape index (κ2) is 4.67. The quantitative estimate of drug-likeness (QED) is 0.812. The predicted octanol–water partition coefficient (Wildman–Crippen LogP) is 4.08. The van der Waals surface area contributed by atoms with Crippen LogP contribution in [-0.2, 0) is 6.16 Å². The lowest BCUT2D eigenvalue weighted by atomic mass is 10.2. The summed E-state index contributed by atoms with van der Waals surface area (Å²) in [5.74, 6) is 0.297. The molecule has 0 saturated heterocycles. The maximum Gasteiger partial charge on any atom is 0.120 e. The van der Waals surface area contributed by atoms with Gasteiger partial charge in [0.15, 0.2) is 0 Å². The van der Waals surface area contributed by atoms with Gasteiger partial charge in [0.25, 0.3) is 0 Å². The first-order chi connectivity index (χ1) is 5.59. The zero-order valence-electron chi connectivity index (χ0n) is 6.14. The van der Waals surface area contributed by atoms with Crippen LogP contribution in [-0.4, -0.2) is 5.11 Å². The van der Waals surface area contributed by atoms with Crippen LogP contribution < -0.4 is 0 Å². The molecule has 1 aromatic rings. The molecular weight excluding hydrogens is 277 g/mol. The molecule has 1 rings (SSSR count). The lowest BCUT2D eigenvalue weighted by Crippen LogP contribution is -1.78. The summed E-state index contributed by atoms with van der Waals surface area (Å²) in [5.41, 5.74) is 0.886. The Balaban J connectivity index is 2.93. The van der Waals surface area contributed by atoms with Crippen molar-refractivity contribution in [2.75, 3.05) is 0 Å². The fourth-order valence-electron chi connectivity index (χ4n) is 0.854. The summed E-state index contributed by atoms with van der Waals surface area (Å²) < 4.78 is 0.876. The molecule has 0 aliphatic carbocycles. The molecule has 0 spiro atoms. The molecule has 1 nitrogen and oxygen atoms in total. The summed E-state index contributed by atoms with van der Waals surface area (Å²) in [7, 11) is 3.36. The van der Waals surface area contributed by atoms with Gasteiger partial charge in [-0.15, -0.1) is 8.53 Å². The normalized spacial score (nSPS) is 12.8. The molecule has 0 fully saturated rings. The van der Waals surface area contributed by atoms with Crippen molar-refractivity contribution in [3.8, 4) is 5.75 Å². The van der Waals surface area contributed by atoms with E-state index in [1.54, 1.807) is 6.07 Å². The van der Waals surface area contributed by atoms with Gasteiger partial charge in [-0.2, -0.15) is 0 Å². The molecule has 1 N–H and O–H groups in total. The van der Waals surface area contributed by atoms with Crippen molar-refractivity contribution in [1.29, 1.82) is 0 Å². The Morgan fingerprint density at radius 3 is 2.75 bits per heavy atom. The Kier molecular flexibility index (Phi) is 4.13. The van der Waals surface area contributed by atoms with Gasteiger partial charge in [-0.05, 0) is 24.3 Å². The molecule has 66 valence electrons. The molecule has 0 heterocycles. The third-order valence-corrected chi connectivity index (χ3v) is 3.51. The van der Waals surface area contributed by atoms with E-state index in [-0.39, 0.29) is 0 Å². The lowest BCUT2D eigenvalue weighted by Gasteiger charge is -2.02. The van der Waals surface area contributed by atoms with E-state index in [9.17, 15) is 5.11 Å². The third-order valence-electron chi connectivity index (χ3n) is 1.39. The first-order valence-corrected chi connectivity index (χ1v) is 8.31. The minimum absolute atomic E-state index is 0.297. The number of halogens is 2. The standard InChI is InChI=1S/C7H8BrClOP2/c8-6-2-1-5(4-12(9)11)7(10)3-6/h1-3,10-12H,4H2. The zero-order valence-corrected chi connectivity index (χ0v) is 10.5. The van der Waals surface area contributed by atoms with Crippen molar-refractivity contribution in [3.05, 3.63) is 28.2 Å². The van der Waals surface area contributed by atoms with Crippen LogP contribution in [0.5, 0.6) is 5.75 Å². The molecule has 5 heteroatoms. The topological polar surface area (TPSA) is 20.2 Å². The maximum atomic E-state index is 9.45. The molecule has 1 atom stereocenters. The van der Waals surface area contributed by atoms with E-state index in [0.29, 0.717) is 11.9 Å². The van der Waals surface area contributed by atoms with Crippen molar-refractivity contribution in [2.45, 2.75) is 6.16 Å². The Morgan fingerprint density at radius 1 is 1.58 bits per heavy atom. The summed E-state index contributed by atoms with van der Waals surface area (Å²) in [6, 6.07) is 5.43. The number of hydrogen-bond acceptors (Lipinski definition) is 1. The first kappa shape index (κ1) is 10.6. The van der Waals surface area contributed by atoms with Crippen molar-refractivity contribution in [2.24, 2.45) is 0 Å². The monoisotopic (exact) mass is 284 g/mol. The van der Waals surface area contributed by atoms with Gasteiger partial charge < -0.3 is 5.11 Å². The van der Waals surface area contributed by atoms with Gasteiger partial charge in [-0.25, -0.2) is 0 Å². The van der Waals surface area contributed by atoms with Crippen molar-refractivity contribution in [3.63, 3.8) is 0 Å². The molecule has 12 heavy (non-hydrogen) atoms. The van der Waals surface area contributed by atoms with E-state index in [1.807, 2.05) is 12.1 Å². The van der Waals surface area contributed by atoms with E-state index in [0.717, 1.165) is 10.0 Å². The van der Waals surface area contributed by atoms with Crippen LogP contribution in [0.4, 0.5) is 0 Å². The highest BCUT2D eigenvalue weighted by Gasteiger charge is 2.01. The number of benzene rings is 1. The molecule has 0 saturated carbocycles. The molecule has 1 unspecified atom stereocenters. The number of aromatic hydroxyl groups is 1. The average molecular weight is 285 g/mol. The minimum Gasteiger partial charge on any atom is -0.508 e. The van der Waals surface area contributed by atoms with Gasteiger partial charge in [0.05, 0.1) is 0 Å². The van der Waals surface area contributed by atoms with Crippen molar-refractivity contribution in [1.82, 2.24) is 0 Å². The number of rotatable bonds is 2. The highest BCUT2D eigenvalue weighted by molar-refractivity contribution is 9.10. The molecule has 1 aromatic carbocycles. The molecule has 0 radical (unpaired) electrons. The molecule has 0 aliphatic rings. The number of hydrogen-bond donors (Lipinski definition) is 1. The molecule has 0 bridgehead atoms. The summed E-state index contributed by atoms with van der Waals surface area (Å²) >= 11 is 9.08. The molecule has 0 aromatic heterocycles. The predicted molar refractivity (Wildman–Crippen MR) is 62.0 cm³/mol. The van der Waals surface area contributed by atoms with Crippen LogP contribution in [0.1, 0.15) is 5.56 Å². The summed E-state index contributed by atoms with van der Waals surface area (Å²) in [6.45, 7) is -1.02. The number of phenols is 1. The van der Waals surface area contributed by atoms with Gasteiger partial charge in [-0.1, -0.05) is 33.2 Å². The maximum absolute atomic E-state index is 9.45. The van der Waals surface area contributed by atoms with Gasteiger partial charge in [-0.3, -0.25) is 0 Å². The van der Waals surface area contributed by atoms with Crippen LogP contribution in [0.25, 0.3) is 0 Å². The van der Waals surface area contributed by atoms with Crippen LogP contribution >= 0.6 is 42.3 Å². The Hall–Kier alpha value is 0.520.